The van der Waals surface area contributed by atoms with E-state index in [0.717, 1.165) is 30.7 Å². The van der Waals surface area contributed by atoms with Crippen LogP contribution in [0.5, 0.6) is 0 Å². The van der Waals surface area contributed by atoms with E-state index in [-0.39, 0.29) is 35.0 Å². The molecule has 0 bridgehead atoms. The molecular formula is C28H32ClF3N4O2. The minimum absolute atomic E-state index is 0.0423. The lowest BCUT2D eigenvalue weighted by Crippen LogP contribution is -2.45. The molecule has 3 fully saturated rings. The van der Waals surface area contributed by atoms with Crippen LogP contribution in [-0.2, 0) is 15.8 Å². The molecular weight excluding hydrogens is 517 g/mol. The first-order chi connectivity index (χ1) is 18.0. The summed E-state index contributed by atoms with van der Waals surface area (Å²) in [5, 5.41) is 3.80. The number of nitrogens with one attached hydrogen (secondary N) is 1. The molecule has 3 heterocycles. The topological polar surface area (TPSA) is 65.5 Å². The number of anilines is 1. The third-order valence-corrected chi connectivity index (χ3v) is 8.59. The van der Waals surface area contributed by atoms with Crippen LogP contribution in [0.2, 0.25) is 5.02 Å². The van der Waals surface area contributed by atoms with E-state index < -0.39 is 11.7 Å². The third kappa shape index (κ3) is 5.77. The smallest absolute Gasteiger partial charge is 0.370 e. The predicted molar refractivity (Wildman–Crippen MR) is 139 cm³/mol. The average Bonchev–Trinajstić information content (AvgIpc) is 3.52. The van der Waals surface area contributed by atoms with Gasteiger partial charge in [-0.05, 0) is 55.5 Å². The van der Waals surface area contributed by atoms with E-state index in [2.05, 4.69) is 10.3 Å². The van der Waals surface area contributed by atoms with E-state index >= 15 is 0 Å². The predicted octanol–water partition coefficient (Wildman–Crippen LogP) is 5.45. The van der Waals surface area contributed by atoms with Gasteiger partial charge in [0.25, 0.3) is 0 Å². The Morgan fingerprint density at radius 3 is 2.32 bits per heavy atom. The van der Waals surface area contributed by atoms with Crippen LogP contribution in [0.1, 0.15) is 49.7 Å². The van der Waals surface area contributed by atoms with Crippen molar-refractivity contribution in [3.63, 3.8) is 0 Å². The fourth-order valence-corrected chi connectivity index (χ4v) is 5.74. The summed E-state index contributed by atoms with van der Waals surface area (Å²) in [5.74, 6) is 0.675. The second-order valence-electron chi connectivity index (χ2n) is 11.1. The van der Waals surface area contributed by atoms with Crippen molar-refractivity contribution in [2.75, 3.05) is 38.0 Å². The van der Waals surface area contributed by atoms with E-state index in [4.69, 9.17) is 11.6 Å². The first kappa shape index (κ1) is 26.8. The zero-order chi connectivity index (χ0) is 27.1. The number of hydrogen-bond donors (Lipinski definition) is 1. The number of rotatable bonds is 6. The van der Waals surface area contributed by atoms with Crippen LogP contribution in [0.25, 0.3) is 0 Å². The number of carbonyl (C=O) groups excluding carboxylic acids is 2. The lowest BCUT2D eigenvalue weighted by molar-refractivity contribution is -0.142. The highest BCUT2D eigenvalue weighted by atomic mass is 35.5. The monoisotopic (exact) mass is 548 g/mol. The van der Waals surface area contributed by atoms with Gasteiger partial charge in [0.1, 0.15) is 5.82 Å². The second-order valence-corrected chi connectivity index (χ2v) is 11.5. The molecule has 5 rings (SSSR count). The molecule has 1 aromatic carbocycles. The Hall–Kier alpha value is -2.81. The first-order valence-corrected chi connectivity index (χ1v) is 13.5. The number of halogens is 4. The normalized spacial score (nSPS) is 23.4. The molecule has 0 radical (unpaired) electrons. The second kappa shape index (κ2) is 10.4. The van der Waals surface area contributed by atoms with Crippen LogP contribution in [0.3, 0.4) is 0 Å². The van der Waals surface area contributed by atoms with Gasteiger partial charge in [0.2, 0.25) is 11.8 Å². The molecule has 10 heteroatoms. The molecule has 1 N–H and O–H groups in total. The Kier molecular flexibility index (Phi) is 7.33. The fraction of sp³-hybridized carbons (Fsp3) is 0.536. The number of likely N-dealkylation sites (tertiary alicyclic amines) is 2. The van der Waals surface area contributed by atoms with E-state index in [1.54, 1.807) is 0 Å². The maximum Gasteiger partial charge on any atom is 0.417 e. The summed E-state index contributed by atoms with van der Waals surface area (Å²) in [7, 11) is 0. The van der Waals surface area contributed by atoms with Gasteiger partial charge in [-0.3, -0.25) is 9.59 Å². The average molecular weight is 549 g/mol. The van der Waals surface area contributed by atoms with E-state index in [9.17, 15) is 22.8 Å². The van der Waals surface area contributed by atoms with Crippen molar-refractivity contribution in [3.8, 4) is 0 Å². The molecule has 2 atom stereocenters. The van der Waals surface area contributed by atoms with Gasteiger partial charge in [-0.25, -0.2) is 4.98 Å². The minimum atomic E-state index is -4.43. The van der Waals surface area contributed by atoms with Crippen molar-refractivity contribution < 1.29 is 22.8 Å². The fourth-order valence-electron chi connectivity index (χ4n) is 5.62. The Morgan fingerprint density at radius 1 is 1.05 bits per heavy atom. The molecule has 1 aliphatic carbocycles. The summed E-state index contributed by atoms with van der Waals surface area (Å²) >= 11 is 6.09. The highest BCUT2D eigenvalue weighted by Gasteiger charge is 2.48. The molecule has 1 aromatic heterocycles. The van der Waals surface area contributed by atoms with E-state index in [1.165, 1.54) is 6.07 Å². The van der Waals surface area contributed by atoms with Crippen molar-refractivity contribution in [1.29, 1.82) is 0 Å². The van der Waals surface area contributed by atoms with Gasteiger partial charge in [0.15, 0.2) is 0 Å². The lowest BCUT2D eigenvalue weighted by atomic mass is 9.89. The van der Waals surface area contributed by atoms with Crippen molar-refractivity contribution in [3.05, 3.63) is 58.7 Å². The summed E-state index contributed by atoms with van der Waals surface area (Å²) in [4.78, 5) is 34.0. The number of pyridine rings is 1. The summed E-state index contributed by atoms with van der Waals surface area (Å²) in [6, 6.07) is 9.93. The highest BCUT2D eigenvalue weighted by Crippen LogP contribution is 2.47. The number of alkyl halides is 3. The molecule has 2 aliphatic heterocycles. The Labute approximate surface area is 225 Å². The number of carbonyl (C=O) groups is 2. The lowest BCUT2D eigenvalue weighted by Gasteiger charge is -2.34. The van der Waals surface area contributed by atoms with Gasteiger partial charge in [0, 0.05) is 67.1 Å². The maximum absolute atomic E-state index is 13.5. The van der Waals surface area contributed by atoms with Crippen LogP contribution in [0.15, 0.2) is 42.6 Å². The maximum atomic E-state index is 13.5. The van der Waals surface area contributed by atoms with Gasteiger partial charge in [-0.1, -0.05) is 30.7 Å². The summed E-state index contributed by atoms with van der Waals surface area (Å²) in [6.45, 7) is 4.80. The Balaban J connectivity index is 1.23. The quantitative estimate of drug-likeness (QED) is 0.521. The van der Waals surface area contributed by atoms with Gasteiger partial charge < -0.3 is 15.1 Å². The molecule has 1 unspecified atom stereocenters. The molecule has 6 nitrogen and oxygen atoms in total. The minimum Gasteiger partial charge on any atom is -0.370 e. The largest absolute Gasteiger partial charge is 0.417 e. The van der Waals surface area contributed by atoms with E-state index in [0.29, 0.717) is 56.4 Å². The van der Waals surface area contributed by atoms with Crippen LogP contribution < -0.4 is 5.32 Å². The Morgan fingerprint density at radius 2 is 1.74 bits per heavy atom. The van der Waals surface area contributed by atoms with Gasteiger partial charge in [-0.15, -0.1) is 0 Å². The van der Waals surface area contributed by atoms with Gasteiger partial charge >= 0.3 is 6.18 Å². The summed E-state index contributed by atoms with van der Waals surface area (Å²) in [6.07, 6.45) is -0.382. The van der Waals surface area contributed by atoms with Crippen LogP contribution in [-0.4, -0.2) is 59.3 Å². The van der Waals surface area contributed by atoms with Crippen LogP contribution in [0.4, 0.5) is 19.0 Å². The van der Waals surface area contributed by atoms with Crippen LogP contribution in [0, 0.1) is 17.3 Å². The highest BCUT2D eigenvalue weighted by molar-refractivity contribution is 6.30. The molecule has 0 spiro atoms. The third-order valence-electron chi connectivity index (χ3n) is 8.33. The van der Waals surface area contributed by atoms with Gasteiger partial charge in [0.05, 0.1) is 5.56 Å². The number of amides is 2. The zero-order valence-corrected chi connectivity index (χ0v) is 22.1. The number of aromatic nitrogens is 1. The van der Waals surface area contributed by atoms with Crippen molar-refractivity contribution in [2.45, 2.75) is 44.7 Å². The molecule has 2 saturated heterocycles. The standard InChI is InChI=1S/C28H32ClF3N4O2/c1-27(10-11-27)26(38)35-12-8-19(9-13-35)25(37)36-16-20(23(17-36)18-2-5-22(29)6-3-18)14-33-24-7-4-21(15-34-24)28(30,31)32/h2-7,15,19-20,23H,8-14,16-17H2,1H3,(H,33,34)/t20?,23-/m1/s1. The SMILES string of the molecule is CC1(C(=O)N2CCC(C(=O)N3CC(CNc4ccc(C(F)(F)F)cn4)[C@@H](c4ccc(Cl)cc4)C3)CC2)CC1. The molecule has 204 valence electrons. The van der Waals surface area contributed by atoms with Crippen molar-refractivity contribution in [1.82, 2.24) is 14.8 Å². The van der Waals surface area contributed by atoms with Gasteiger partial charge in [-0.2, -0.15) is 13.2 Å². The number of nitrogens with zero attached hydrogens (tertiary/aromatic N) is 3. The number of benzene rings is 1. The molecule has 1 saturated carbocycles. The van der Waals surface area contributed by atoms with Crippen molar-refractivity contribution >= 4 is 29.2 Å². The molecule has 2 aromatic rings. The first-order valence-electron chi connectivity index (χ1n) is 13.1. The van der Waals surface area contributed by atoms with Crippen LogP contribution >= 0.6 is 11.6 Å². The summed E-state index contributed by atoms with van der Waals surface area (Å²) in [5.41, 5.74) is 0.0772. The van der Waals surface area contributed by atoms with Crippen molar-refractivity contribution in [2.24, 2.45) is 17.3 Å². The molecule has 3 aliphatic rings. The van der Waals surface area contributed by atoms with E-state index in [1.807, 2.05) is 41.0 Å². The zero-order valence-electron chi connectivity index (χ0n) is 21.3. The summed E-state index contributed by atoms with van der Waals surface area (Å²) < 4.78 is 38.6. The number of hydrogen-bond acceptors (Lipinski definition) is 4. The molecule has 2 amide bonds. The number of piperidine rings is 1. The Bertz CT molecular complexity index is 1160. The molecule has 38 heavy (non-hydrogen) atoms.